The summed E-state index contributed by atoms with van der Waals surface area (Å²) in [6, 6.07) is 10.2. The number of rotatable bonds is 10. The number of benzene rings is 2. The van der Waals surface area contributed by atoms with Crippen LogP contribution in [-0.2, 0) is 27.2 Å². The van der Waals surface area contributed by atoms with E-state index >= 15 is 0 Å². The second-order valence-corrected chi connectivity index (χ2v) is 9.41. The van der Waals surface area contributed by atoms with Gasteiger partial charge < -0.3 is 24.6 Å². The molecule has 4 aromatic rings. The van der Waals surface area contributed by atoms with E-state index in [-0.39, 0.29) is 32.2 Å². The van der Waals surface area contributed by atoms with Crippen molar-refractivity contribution >= 4 is 39.7 Å². The summed E-state index contributed by atoms with van der Waals surface area (Å²) in [5, 5.41) is 15.9. The summed E-state index contributed by atoms with van der Waals surface area (Å²) >= 11 is 0. The molecule has 4 rings (SSSR count). The minimum Gasteiger partial charge on any atom is -0.481 e. The molecule has 1 unspecified atom stereocenters. The molecule has 2 aromatic heterocycles. The molecule has 0 aliphatic carbocycles. The van der Waals surface area contributed by atoms with E-state index in [9.17, 15) is 19.2 Å². The first-order valence-electron chi connectivity index (χ1n) is 12.4. The van der Waals surface area contributed by atoms with E-state index in [2.05, 4.69) is 10.6 Å². The standard InChI is InChI=1S/C29H30N2O7/c1-16-15-37-26-18(3)27-22(14-21(16)26)17(2)20(29(36)38-27)9-10-24(32)31-23(13-19-7-5-4-6-8-19)28(35)30-12-11-25(33)34/h4-8,14-15,23H,9-13H2,1-3H3,(H,30,35)(H,31,32)(H,33,34). The summed E-state index contributed by atoms with van der Waals surface area (Å²) in [4.78, 5) is 49.3. The molecule has 9 nitrogen and oxygen atoms in total. The number of carboxylic acids is 1. The Balaban J connectivity index is 1.51. The van der Waals surface area contributed by atoms with Gasteiger partial charge in [0.1, 0.15) is 17.2 Å². The molecule has 3 N–H and O–H groups in total. The van der Waals surface area contributed by atoms with Gasteiger partial charge in [0.2, 0.25) is 11.8 Å². The highest BCUT2D eigenvalue weighted by Gasteiger charge is 2.23. The Morgan fingerprint density at radius 3 is 2.42 bits per heavy atom. The van der Waals surface area contributed by atoms with Gasteiger partial charge in [0.05, 0.1) is 12.7 Å². The van der Waals surface area contributed by atoms with Gasteiger partial charge in [0.25, 0.3) is 0 Å². The lowest BCUT2D eigenvalue weighted by atomic mass is 9.98. The number of carbonyl (C=O) groups is 3. The zero-order chi connectivity index (χ0) is 27.4. The van der Waals surface area contributed by atoms with E-state index < -0.39 is 29.5 Å². The number of aryl methyl sites for hydroxylation is 3. The number of amides is 2. The highest BCUT2D eigenvalue weighted by atomic mass is 16.4. The van der Waals surface area contributed by atoms with Gasteiger partial charge in [-0.2, -0.15) is 0 Å². The summed E-state index contributed by atoms with van der Waals surface area (Å²) in [7, 11) is 0. The minimum atomic E-state index is -1.03. The number of nitrogens with one attached hydrogen (secondary N) is 2. The van der Waals surface area contributed by atoms with E-state index in [1.54, 1.807) is 6.26 Å². The Bertz CT molecular complexity index is 1570. The van der Waals surface area contributed by atoms with Crippen LogP contribution in [0.1, 0.15) is 40.7 Å². The molecule has 0 fully saturated rings. The first kappa shape index (κ1) is 26.7. The van der Waals surface area contributed by atoms with Crippen LogP contribution in [0.25, 0.3) is 21.9 Å². The predicted octanol–water partition coefficient (Wildman–Crippen LogP) is 3.72. The zero-order valence-electron chi connectivity index (χ0n) is 21.6. The molecule has 9 heteroatoms. The van der Waals surface area contributed by atoms with Gasteiger partial charge in [-0.25, -0.2) is 4.79 Å². The molecule has 0 radical (unpaired) electrons. The van der Waals surface area contributed by atoms with Crippen molar-refractivity contribution in [1.82, 2.24) is 10.6 Å². The molecule has 2 aromatic carbocycles. The zero-order valence-corrected chi connectivity index (χ0v) is 21.6. The van der Waals surface area contributed by atoms with Crippen molar-refractivity contribution in [3.8, 4) is 0 Å². The van der Waals surface area contributed by atoms with E-state index in [1.165, 1.54) is 0 Å². The van der Waals surface area contributed by atoms with Crippen molar-refractivity contribution in [2.24, 2.45) is 0 Å². The van der Waals surface area contributed by atoms with Crippen LogP contribution in [0.5, 0.6) is 0 Å². The van der Waals surface area contributed by atoms with Crippen LogP contribution in [0.2, 0.25) is 0 Å². The molecule has 0 bridgehead atoms. The number of hydrogen-bond donors (Lipinski definition) is 3. The van der Waals surface area contributed by atoms with Gasteiger partial charge in [-0.15, -0.1) is 0 Å². The lowest BCUT2D eigenvalue weighted by Gasteiger charge is -2.19. The molecule has 2 heterocycles. The van der Waals surface area contributed by atoms with Gasteiger partial charge >= 0.3 is 11.6 Å². The van der Waals surface area contributed by atoms with Crippen molar-refractivity contribution < 1.29 is 28.3 Å². The summed E-state index contributed by atoms with van der Waals surface area (Å²) in [6.07, 6.45) is 1.78. The van der Waals surface area contributed by atoms with Crippen LogP contribution in [0, 0.1) is 20.8 Å². The summed E-state index contributed by atoms with van der Waals surface area (Å²) in [5.41, 5.74) is 4.32. The van der Waals surface area contributed by atoms with Gasteiger partial charge in [0, 0.05) is 41.3 Å². The Morgan fingerprint density at radius 2 is 1.71 bits per heavy atom. The number of aliphatic carboxylic acids is 1. The second kappa shape index (κ2) is 11.3. The summed E-state index contributed by atoms with van der Waals surface area (Å²) in [5.74, 6) is -1.91. The Morgan fingerprint density at radius 1 is 0.974 bits per heavy atom. The molecule has 0 aliphatic rings. The maximum absolute atomic E-state index is 12.9. The van der Waals surface area contributed by atoms with Crippen molar-refractivity contribution in [2.75, 3.05) is 6.54 Å². The number of carboxylic acid groups (broad SMARTS) is 1. The highest BCUT2D eigenvalue weighted by molar-refractivity contribution is 5.99. The van der Waals surface area contributed by atoms with E-state index in [1.807, 2.05) is 57.2 Å². The quantitative estimate of drug-likeness (QED) is 0.272. The van der Waals surface area contributed by atoms with Crippen LogP contribution < -0.4 is 16.3 Å². The first-order valence-corrected chi connectivity index (χ1v) is 12.4. The van der Waals surface area contributed by atoms with Gasteiger partial charge in [0.15, 0.2) is 0 Å². The molecule has 0 saturated heterocycles. The third-order valence-electron chi connectivity index (χ3n) is 6.71. The maximum atomic E-state index is 12.9. The van der Waals surface area contributed by atoms with Crippen LogP contribution in [0.15, 0.2) is 56.3 Å². The first-order chi connectivity index (χ1) is 18.2. The lowest BCUT2D eigenvalue weighted by Crippen LogP contribution is -2.48. The van der Waals surface area contributed by atoms with Crippen molar-refractivity contribution in [3.63, 3.8) is 0 Å². The maximum Gasteiger partial charge on any atom is 0.339 e. The van der Waals surface area contributed by atoms with Gasteiger partial charge in [-0.1, -0.05) is 30.3 Å². The fraction of sp³-hybridized carbons (Fsp3) is 0.310. The number of fused-ring (bicyclic) bond motifs is 2. The minimum absolute atomic E-state index is 0.0310. The fourth-order valence-electron chi connectivity index (χ4n) is 4.59. The second-order valence-electron chi connectivity index (χ2n) is 9.41. The van der Waals surface area contributed by atoms with Crippen molar-refractivity contribution in [1.29, 1.82) is 0 Å². The highest BCUT2D eigenvalue weighted by Crippen LogP contribution is 2.32. The molecular formula is C29H30N2O7. The Labute approximate surface area is 218 Å². The van der Waals surface area contributed by atoms with Crippen molar-refractivity contribution in [2.45, 2.75) is 52.5 Å². The molecule has 1 atom stereocenters. The van der Waals surface area contributed by atoms with Crippen molar-refractivity contribution in [3.05, 3.63) is 80.9 Å². The molecule has 0 aliphatic heterocycles. The SMILES string of the molecule is Cc1coc2c(C)c3oc(=O)c(CCC(=O)NC(Cc4ccccc4)C(=O)NCCC(=O)O)c(C)c3cc12. The molecule has 0 spiro atoms. The smallest absolute Gasteiger partial charge is 0.339 e. The van der Waals surface area contributed by atoms with Gasteiger partial charge in [-0.05, 0) is 49.9 Å². The third kappa shape index (κ3) is 5.77. The van der Waals surface area contributed by atoms with Crippen LogP contribution in [0.3, 0.4) is 0 Å². The normalized spacial score (nSPS) is 12.0. The largest absolute Gasteiger partial charge is 0.481 e. The number of carbonyl (C=O) groups excluding carboxylic acids is 2. The predicted molar refractivity (Wildman–Crippen MR) is 142 cm³/mol. The molecule has 198 valence electrons. The van der Waals surface area contributed by atoms with E-state index in [0.29, 0.717) is 16.7 Å². The number of hydrogen-bond acceptors (Lipinski definition) is 6. The summed E-state index contributed by atoms with van der Waals surface area (Å²) in [6.45, 7) is 5.58. The molecule has 2 amide bonds. The van der Waals surface area contributed by atoms with E-state index in [0.717, 1.165) is 33.0 Å². The lowest BCUT2D eigenvalue weighted by molar-refractivity contribution is -0.137. The Kier molecular flexibility index (Phi) is 7.95. The van der Waals surface area contributed by atoms with E-state index in [4.69, 9.17) is 13.9 Å². The third-order valence-corrected chi connectivity index (χ3v) is 6.71. The average Bonchev–Trinajstić information content (AvgIpc) is 3.25. The van der Waals surface area contributed by atoms with Gasteiger partial charge in [-0.3, -0.25) is 14.4 Å². The Hall–Kier alpha value is -4.40. The average molecular weight is 519 g/mol. The monoisotopic (exact) mass is 518 g/mol. The number of furan rings is 1. The summed E-state index contributed by atoms with van der Waals surface area (Å²) < 4.78 is 11.3. The molecular weight excluding hydrogens is 488 g/mol. The fourth-order valence-corrected chi connectivity index (χ4v) is 4.59. The van der Waals surface area contributed by atoms with Crippen LogP contribution in [0.4, 0.5) is 0 Å². The van der Waals surface area contributed by atoms with Crippen LogP contribution in [-0.4, -0.2) is 35.5 Å². The molecule has 0 saturated carbocycles. The molecule has 38 heavy (non-hydrogen) atoms. The van der Waals surface area contributed by atoms with Crippen LogP contribution >= 0.6 is 0 Å². The topological polar surface area (TPSA) is 139 Å².